The third kappa shape index (κ3) is 8.02. The zero-order valence-electron chi connectivity index (χ0n) is 12.9. The van der Waals surface area contributed by atoms with E-state index in [0.717, 1.165) is 38.6 Å². The van der Waals surface area contributed by atoms with E-state index in [1.165, 1.54) is 18.4 Å². The molecule has 19 heavy (non-hydrogen) atoms. The number of hydrogen-bond acceptors (Lipinski definition) is 2. The van der Waals surface area contributed by atoms with Gasteiger partial charge in [0.25, 0.3) is 0 Å². The van der Waals surface area contributed by atoms with E-state index in [1.54, 1.807) is 0 Å². The predicted molar refractivity (Wildman–Crippen MR) is 84.3 cm³/mol. The normalized spacial score (nSPS) is 11.4. The molecule has 0 atom stereocenters. The first-order valence-corrected chi connectivity index (χ1v) is 7.69. The fourth-order valence-electron chi connectivity index (χ4n) is 2.19. The number of nitrogens with one attached hydrogen (secondary N) is 1. The second-order valence-electron chi connectivity index (χ2n) is 5.64. The molecule has 0 aliphatic carbocycles. The maximum atomic E-state index is 3.55. The molecule has 0 aromatic heterocycles. The van der Waals surface area contributed by atoms with Crippen LogP contribution in [-0.4, -0.2) is 31.1 Å². The van der Waals surface area contributed by atoms with E-state index in [1.807, 2.05) is 0 Å². The molecule has 0 unspecified atom stereocenters. The van der Waals surface area contributed by atoms with E-state index in [2.05, 4.69) is 61.3 Å². The summed E-state index contributed by atoms with van der Waals surface area (Å²) in [7, 11) is 0. The Morgan fingerprint density at radius 2 is 1.84 bits per heavy atom. The first-order valence-electron chi connectivity index (χ1n) is 7.69. The minimum absolute atomic E-state index is 0.826. The van der Waals surface area contributed by atoms with Gasteiger partial charge in [0.1, 0.15) is 0 Å². The lowest BCUT2D eigenvalue weighted by molar-refractivity contribution is 0.279. The summed E-state index contributed by atoms with van der Waals surface area (Å²) in [4.78, 5) is 2.49. The van der Waals surface area contributed by atoms with Crippen LogP contribution in [0.5, 0.6) is 0 Å². The fourth-order valence-corrected chi connectivity index (χ4v) is 2.19. The maximum absolute atomic E-state index is 3.55. The van der Waals surface area contributed by atoms with Gasteiger partial charge in [0.05, 0.1) is 0 Å². The zero-order valence-corrected chi connectivity index (χ0v) is 12.9. The Bertz CT molecular complexity index is 308. The van der Waals surface area contributed by atoms with Crippen molar-refractivity contribution >= 4 is 0 Å². The molecule has 0 spiro atoms. The van der Waals surface area contributed by atoms with Gasteiger partial charge in [-0.1, -0.05) is 51.1 Å². The maximum Gasteiger partial charge on any atom is 0.0234 e. The highest BCUT2D eigenvalue weighted by Gasteiger charge is 2.02. The molecule has 0 aliphatic heterocycles. The molecule has 0 fully saturated rings. The zero-order chi connectivity index (χ0) is 13.9. The van der Waals surface area contributed by atoms with Crippen LogP contribution < -0.4 is 5.32 Å². The Hall–Kier alpha value is -0.860. The minimum Gasteiger partial charge on any atom is -0.315 e. The van der Waals surface area contributed by atoms with Crippen molar-refractivity contribution in [1.29, 1.82) is 0 Å². The van der Waals surface area contributed by atoms with Crippen LogP contribution in [0.2, 0.25) is 0 Å². The van der Waals surface area contributed by atoms with Gasteiger partial charge in [-0.15, -0.1) is 0 Å². The lowest BCUT2D eigenvalue weighted by atomic mass is 10.1. The van der Waals surface area contributed by atoms with Gasteiger partial charge in [0.2, 0.25) is 0 Å². The van der Waals surface area contributed by atoms with Crippen molar-refractivity contribution in [2.45, 2.75) is 40.2 Å². The second kappa shape index (κ2) is 9.99. The largest absolute Gasteiger partial charge is 0.315 e. The van der Waals surface area contributed by atoms with Crippen molar-refractivity contribution in [3.05, 3.63) is 35.9 Å². The van der Waals surface area contributed by atoms with Crippen LogP contribution in [0.3, 0.4) is 0 Å². The molecule has 0 radical (unpaired) electrons. The molecule has 1 rings (SSSR count). The van der Waals surface area contributed by atoms with E-state index >= 15 is 0 Å². The molecule has 0 heterocycles. The highest BCUT2D eigenvalue weighted by molar-refractivity contribution is 5.14. The Morgan fingerprint density at radius 1 is 1.11 bits per heavy atom. The third-order valence-electron chi connectivity index (χ3n) is 3.44. The Labute approximate surface area is 119 Å². The molecule has 0 saturated heterocycles. The van der Waals surface area contributed by atoms with Crippen molar-refractivity contribution in [1.82, 2.24) is 10.2 Å². The highest BCUT2D eigenvalue weighted by Crippen LogP contribution is 2.04. The summed E-state index contributed by atoms with van der Waals surface area (Å²) < 4.78 is 0. The van der Waals surface area contributed by atoms with Crippen molar-refractivity contribution in [3.8, 4) is 0 Å². The van der Waals surface area contributed by atoms with Crippen LogP contribution in [0, 0.1) is 5.92 Å². The van der Waals surface area contributed by atoms with E-state index in [9.17, 15) is 0 Å². The summed E-state index contributed by atoms with van der Waals surface area (Å²) in [6.45, 7) is 12.4. The monoisotopic (exact) mass is 262 g/mol. The summed E-state index contributed by atoms with van der Waals surface area (Å²) in [6, 6.07) is 10.7. The average molecular weight is 262 g/mol. The summed E-state index contributed by atoms with van der Waals surface area (Å²) in [5, 5.41) is 3.55. The summed E-state index contributed by atoms with van der Waals surface area (Å²) in [5.41, 5.74) is 1.41. The Balaban J connectivity index is 2.12. The molecule has 108 valence electrons. The van der Waals surface area contributed by atoms with E-state index in [-0.39, 0.29) is 0 Å². The second-order valence-corrected chi connectivity index (χ2v) is 5.64. The third-order valence-corrected chi connectivity index (χ3v) is 3.44. The Morgan fingerprint density at radius 3 is 2.47 bits per heavy atom. The lowest BCUT2D eigenvalue weighted by Gasteiger charge is -2.20. The molecule has 0 saturated carbocycles. The van der Waals surface area contributed by atoms with Crippen molar-refractivity contribution in [3.63, 3.8) is 0 Å². The van der Waals surface area contributed by atoms with Gasteiger partial charge in [-0.05, 0) is 37.4 Å². The molecule has 0 amide bonds. The SMILES string of the molecule is CCN(CCNCCCC(C)C)Cc1ccccc1. The molecule has 0 aliphatic rings. The molecule has 1 aromatic rings. The number of rotatable bonds is 10. The smallest absolute Gasteiger partial charge is 0.0234 e. The fraction of sp³-hybridized carbons (Fsp3) is 0.647. The van der Waals surface area contributed by atoms with Gasteiger partial charge in [-0.2, -0.15) is 0 Å². The van der Waals surface area contributed by atoms with Crippen LogP contribution in [0.1, 0.15) is 39.2 Å². The van der Waals surface area contributed by atoms with Crippen molar-refractivity contribution < 1.29 is 0 Å². The van der Waals surface area contributed by atoms with Crippen molar-refractivity contribution in [2.75, 3.05) is 26.2 Å². The van der Waals surface area contributed by atoms with Gasteiger partial charge in [0, 0.05) is 19.6 Å². The van der Waals surface area contributed by atoms with E-state index < -0.39 is 0 Å². The number of likely N-dealkylation sites (N-methyl/N-ethyl adjacent to an activating group) is 1. The number of hydrogen-bond donors (Lipinski definition) is 1. The van der Waals surface area contributed by atoms with Crippen LogP contribution in [-0.2, 0) is 6.54 Å². The number of nitrogens with zero attached hydrogens (tertiary/aromatic N) is 1. The minimum atomic E-state index is 0.826. The molecule has 0 bridgehead atoms. The van der Waals surface area contributed by atoms with Crippen molar-refractivity contribution in [2.24, 2.45) is 5.92 Å². The number of benzene rings is 1. The molecular weight excluding hydrogens is 232 g/mol. The standard InChI is InChI=1S/C17H30N2/c1-4-19(15-17-10-6-5-7-11-17)14-13-18-12-8-9-16(2)3/h5-7,10-11,16,18H,4,8-9,12-15H2,1-3H3. The van der Waals surface area contributed by atoms with Crippen LogP contribution in [0.15, 0.2) is 30.3 Å². The molecular formula is C17H30N2. The quantitative estimate of drug-likeness (QED) is 0.649. The molecule has 1 N–H and O–H groups in total. The lowest BCUT2D eigenvalue weighted by Crippen LogP contribution is -2.32. The van der Waals surface area contributed by atoms with E-state index in [4.69, 9.17) is 0 Å². The highest BCUT2D eigenvalue weighted by atomic mass is 15.1. The van der Waals surface area contributed by atoms with Gasteiger partial charge in [0.15, 0.2) is 0 Å². The summed E-state index contributed by atoms with van der Waals surface area (Å²) >= 11 is 0. The van der Waals surface area contributed by atoms with Gasteiger partial charge < -0.3 is 5.32 Å². The molecule has 2 heteroatoms. The van der Waals surface area contributed by atoms with Gasteiger partial charge >= 0.3 is 0 Å². The van der Waals surface area contributed by atoms with E-state index in [0.29, 0.717) is 0 Å². The predicted octanol–water partition coefficient (Wildman–Crippen LogP) is 3.53. The summed E-state index contributed by atoms with van der Waals surface area (Å²) in [6.07, 6.45) is 2.62. The molecule has 1 aromatic carbocycles. The Kier molecular flexibility index (Phi) is 8.52. The average Bonchev–Trinajstić information content (AvgIpc) is 2.42. The van der Waals surface area contributed by atoms with Crippen LogP contribution in [0.4, 0.5) is 0 Å². The van der Waals surface area contributed by atoms with Gasteiger partial charge in [-0.25, -0.2) is 0 Å². The summed E-state index contributed by atoms with van der Waals surface area (Å²) in [5.74, 6) is 0.826. The van der Waals surface area contributed by atoms with Gasteiger partial charge in [-0.3, -0.25) is 4.90 Å². The topological polar surface area (TPSA) is 15.3 Å². The first-order chi connectivity index (χ1) is 9.22. The molecule has 2 nitrogen and oxygen atoms in total. The van der Waals surface area contributed by atoms with Crippen LogP contribution in [0.25, 0.3) is 0 Å². The first kappa shape index (κ1) is 16.2. The van der Waals surface area contributed by atoms with Crippen LogP contribution >= 0.6 is 0 Å².